The zero-order chi connectivity index (χ0) is 15.5. The Labute approximate surface area is 135 Å². The number of rotatable bonds is 4. The topological polar surface area (TPSA) is 20.3 Å². The monoisotopic (exact) mass is 409 g/mol. The maximum Gasteiger partial charge on any atom is 0.431 e. The van der Waals surface area contributed by atoms with Gasteiger partial charge in [-0.05, 0) is 18.1 Å². The average Bonchev–Trinajstić information content (AvgIpc) is 2.45. The van der Waals surface area contributed by atoms with Crippen LogP contribution in [0.3, 0.4) is 0 Å². The van der Waals surface area contributed by atoms with E-state index in [1.165, 1.54) is 6.08 Å². The van der Waals surface area contributed by atoms with Gasteiger partial charge < -0.3 is 4.90 Å². The number of hydrogen-bond donors (Lipinski definition) is 0. The molecule has 1 aliphatic rings. The third-order valence-corrected chi connectivity index (χ3v) is 4.14. The van der Waals surface area contributed by atoms with E-state index in [1.807, 2.05) is 0 Å². The lowest BCUT2D eigenvalue weighted by molar-refractivity contribution is -0.144. The Balaban J connectivity index is 2.34. The molecule has 6 heteroatoms. The van der Waals surface area contributed by atoms with Crippen LogP contribution in [0, 0.1) is 0 Å². The van der Waals surface area contributed by atoms with Crippen LogP contribution in [0.15, 0.2) is 42.1 Å². The van der Waals surface area contributed by atoms with Crippen molar-refractivity contribution >= 4 is 28.5 Å². The SMILES string of the molecule is O=C1C[C@H](c2ccccc2)C=C(C(F)(F)F)N1CCCI. The van der Waals surface area contributed by atoms with Gasteiger partial charge in [0.05, 0.1) is 0 Å². The van der Waals surface area contributed by atoms with Gasteiger partial charge >= 0.3 is 6.18 Å². The molecule has 1 aliphatic heterocycles. The predicted octanol–water partition coefficient (Wildman–Crippen LogP) is 4.27. The normalized spacial score (nSPS) is 19.6. The van der Waals surface area contributed by atoms with Crippen LogP contribution < -0.4 is 0 Å². The van der Waals surface area contributed by atoms with Gasteiger partial charge in [-0.2, -0.15) is 13.2 Å². The van der Waals surface area contributed by atoms with Crippen molar-refractivity contribution in [2.75, 3.05) is 11.0 Å². The lowest BCUT2D eigenvalue weighted by atomic mass is 9.91. The molecule has 0 radical (unpaired) electrons. The van der Waals surface area contributed by atoms with E-state index in [0.717, 1.165) is 14.9 Å². The first kappa shape index (κ1) is 16.3. The third-order valence-electron chi connectivity index (χ3n) is 3.38. The van der Waals surface area contributed by atoms with Crippen LogP contribution in [-0.4, -0.2) is 28.0 Å². The fraction of sp³-hybridized carbons (Fsp3) is 0.400. The highest BCUT2D eigenvalue weighted by atomic mass is 127. The van der Waals surface area contributed by atoms with Gasteiger partial charge in [0.2, 0.25) is 5.91 Å². The van der Waals surface area contributed by atoms with Crippen molar-refractivity contribution in [3.63, 3.8) is 0 Å². The molecule has 0 fully saturated rings. The summed E-state index contributed by atoms with van der Waals surface area (Å²) in [6.07, 6.45) is -2.68. The predicted molar refractivity (Wildman–Crippen MR) is 83.2 cm³/mol. The summed E-state index contributed by atoms with van der Waals surface area (Å²) in [7, 11) is 0. The summed E-state index contributed by atoms with van der Waals surface area (Å²) in [5.74, 6) is -0.963. The number of halogens is 4. The number of hydrogen-bond acceptors (Lipinski definition) is 1. The Hall–Kier alpha value is -1.05. The van der Waals surface area contributed by atoms with E-state index in [4.69, 9.17) is 0 Å². The molecule has 0 unspecified atom stereocenters. The summed E-state index contributed by atoms with van der Waals surface area (Å²) in [4.78, 5) is 13.0. The van der Waals surface area contributed by atoms with Crippen molar-refractivity contribution in [3.05, 3.63) is 47.7 Å². The maximum absolute atomic E-state index is 13.2. The van der Waals surface area contributed by atoms with Crippen molar-refractivity contribution in [2.45, 2.75) is 24.9 Å². The second-order valence-electron chi connectivity index (χ2n) is 4.86. The van der Waals surface area contributed by atoms with E-state index in [2.05, 4.69) is 22.6 Å². The molecule has 1 atom stereocenters. The summed E-state index contributed by atoms with van der Waals surface area (Å²) < 4.78 is 40.4. The van der Waals surface area contributed by atoms with Crippen molar-refractivity contribution in [1.82, 2.24) is 4.90 Å². The smallest absolute Gasteiger partial charge is 0.308 e. The summed E-state index contributed by atoms with van der Waals surface area (Å²) in [5, 5.41) is 0. The molecule has 0 aromatic heterocycles. The zero-order valence-electron chi connectivity index (χ0n) is 11.2. The van der Waals surface area contributed by atoms with Crippen LogP contribution in [0.4, 0.5) is 13.2 Å². The van der Waals surface area contributed by atoms with Crippen LogP contribution in [0.1, 0.15) is 24.3 Å². The Bertz CT molecular complexity index is 527. The molecular weight excluding hydrogens is 394 g/mol. The first-order chi connectivity index (χ1) is 9.93. The third kappa shape index (κ3) is 3.99. The summed E-state index contributed by atoms with van der Waals surface area (Å²) in [6.45, 7) is 0.120. The van der Waals surface area contributed by atoms with Crippen LogP contribution >= 0.6 is 22.6 Å². The minimum Gasteiger partial charge on any atom is -0.308 e. The number of allylic oxidation sites excluding steroid dienone is 2. The summed E-state index contributed by atoms with van der Waals surface area (Å²) in [6, 6.07) is 8.84. The number of amides is 1. The first-order valence-electron chi connectivity index (χ1n) is 6.63. The first-order valence-corrected chi connectivity index (χ1v) is 8.16. The van der Waals surface area contributed by atoms with Gasteiger partial charge in [-0.15, -0.1) is 0 Å². The molecule has 2 rings (SSSR count). The van der Waals surface area contributed by atoms with E-state index in [1.54, 1.807) is 30.3 Å². The van der Waals surface area contributed by atoms with Crippen LogP contribution in [0.5, 0.6) is 0 Å². The highest BCUT2D eigenvalue weighted by molar-refractivity contribution is 14.1. The minimum absolute atomic E-state index is 0.0881. The molecule has 0 saturated carbocycles. The maximum atomic E-state index is 13.2. The molecule has 114 valence electrons. The van der Waals surface area contributed by atoms with Crippen molar-refractivity contribution in [2.24, 2.45) is 0 Å². The van der Waals surface area contributed by atoms with Gasteiger partial charge in [0, 0.05) is 23.3 Å². The molecule has 0 bridgehead atoms. The van der Waals surface area contributed by atoms with Gasteiger partial charge in [0.25, 0.3) is 0 Å². The van der Waals surface area contributed by atoms with E-state index in [9.17, 15) is 18.0 Å². The molecule has 1 aromatic rings. The van der Waals surface area contributed by atoms with E-state index >= 15 is 0 Å². The van der Waals surface area contributed by atoms with Crippen molar-refractivity contribution < 1.29 is 18.0 Å². The van der Waals surface area contributed by atoms with Crippen LogP contribution in [0.2, 0.25) is 0 Å². The average molecular weight is 409 g/mol. The molecule has 0 saturated heterocycles. The standard InChI is InChI=1S/C15H15F3INO/c16-15(17,18)13-9-12(11-5-2-1-3-6-11)10-14(21)20(13)8-4-7-19/h1-3,5-6,9,12H,4,7-8,10H2/t12-/m1/s1. The van der Waals surface area contributed by atoms with Gasteiger partial charge in [0.15, 0.2) is 0 Å². The van der Waals surface area contributed by atoms with Crippen molar-refractivity contribution in [1.29, 1.82) is 0 Å². The van der Waals surface area contributed by atoms with Gasteiger partial charge in [-0.1, -0.05) is 52.9 Å². The number of nitrogens with zero attached hydrogens (tertiary/aromatic N) is 1. The minimum atomic E-state index is -4.51. The van der Waals surface area contributed by atoms with Gasteiger partial charge in [0.1, 0.15) is 5.70 Å². The highest BCUT2D eigenvalue weighted by Gasteiger charge is 2.43. The fourth-order valence-electron chi connectivity index (χ4n) is 2.40. The Morgan fingerprint density at radius 3 is 2.48 bits per heavy atom. The quantitative estimate of drug-likeness (QED) is 0.537. The molecule has 0 aliphatic carbocycles. The van der Waals surface area contributed by atoms with E-state index in [-0.39, 0.29) is 13.0 Å². The van der Waals surface area contributed by atoms with Crippen LogP contribution in [-0.2, 0) is 4.79 Å². The number of carbonyl (C=O) groups excluding carboxylic acids is 1. The Kier molecular flexibility index (Phi) is 5.29. The highest BCUT2D eigenvalue weighted by Crippen LogP contribution is 2.37. The lowest BCUT2D eigenvalue weighted by Crippen LogP contribution is -2.41. The number of alkyl halides is 4. The molecule has 1 aromatic carbocycles. The molecular formula is C15H15F3INO. The van der Waals surface area contributed by atoms with Gasteiger partial charge in [-0.25, -0.2) is 0 Å². The lowest BCUT2D eigenvalue weighted by Gasteiger charge is -2.33. The molecule has 0 spiro atoms. The Morgan fingerprint density at radius 2 is 1.90 bits per heavy atom. The van der Waals surface area contributed by atoms with Crippen LogP contribution in [0.25, 0.3) is 0 Å². The molecule has 2 nitrogen and oxygen atoms in total. The molecule has 0 N–H and O–H groups in total. The summed E-state index contributed by atoms with van der Waals surface area (Å²) in [5.41, 5.74) is -0.0846. The van der Waals surface area contributed by atoms with E-state index in [0.29, 0.717) is 6.42 Å². The van der Waals surface area contributed by atoms with Gasteiger partial charge in [-0.3, -0.25) is 4.79 Å². The molecule has 21 heavy (non-hydrogen) atoms. The zero-order valence-corrected chi connectivity index (χ0v) is 13.4. The second kappa shape index (κ2) is 6.81. The van der Waals surface area contributed by atoms with Crippen molar-refractivity contribution in [3.8, 4) is 0 Å². The second-order valence-corrected chi connectivity index (χ2v) is 5.94. The number of benzene rings is 1. The fourth-order valence-corrected chi connectivity index (χ4v) is 2.74. The van der Waals surface area contributed by atoms with E-state index < -0.39 is 23.7 Å². The molecule has 1 heterocycles. The summed E-state index contributed by atoms with van der Waals surface area (Å²) >= 11 is 2.09. The Morgan fingerprint density at radius 1 is 1.24 bits per heavy atom. The largest absolute Gasteiger partial charge is 0.431 e. The number of carbonyl (C=O) groups is 1. The molecule has 1 amide bonds.